The molecule has 0 heterocycles. The highest BCUT2D eigenvalue weighted by Crippen LogP contribution is 2.27. The molecule has 23 heavy (non-hydrogen) atoms. The van der Waals surface area contributed by atoms with Gasteiger partial charge in [-0.1, -0.05) is 26.0 Å². The third kappa shape index (κ3) is 5.74. The molecule has 1 rings (SSSR count). The van der Waals surface area contributed by atoms with Crippen molar-refractivity contribution >= 4 is 17.6 Å². The minimum atomic E-state index is -0.564. The SMILES string of the molecule is COC(=O)CC(C)(C)CC(=O)Nc1ccc(C(C)(C)C#N)cc1. The number of esters is 1. The Bertz CT molecular complexity index is 610. The van der Waals surface area contributed by atoms with Gasteiger partial charge >= 0.3 is 5.97 Å². The first kappa shape index (κ1) is 18.7. The zero-order valence-corrected chi connectivity index (χ0v) is 14.4. The highest BCUT2D eigenvalue weighted by molar-refractivity contribution is 5.91. The van der Waals surface area contributed by atoms with Crippen molar-refractivity contribution in [3.63, 3.8) is 0 Å². The summed E-state index contributed by atoms with van der Waals surface area (Å²) in [6.45, 7) is 7.38. The zero-order valence-electron chi connectivity index (χ0n) is 14.4. The Hall–Kier alpha value is -2.35. The van der Waals surface area contributed by atoms with E-state index in [1.54, 1.807) is 12.1 Å². The topological polar surface area (TPSA) is 79.2 Å². The van der Waals surface area contributed by atoms with Crippen LogP contribution in [0.5, 0.6) is 0 Å². The predicted octanol–water partition coefficient (Wildman–Crippen LogP) is 3.41. The molecule has 0 saturated heterocycles. The number of amides is 1. The van der Waals surface area contributed by atoms with Crippen LogP contribution < -0.4 is 5.32 Å². The minimum Gasteiger partial charge on any atom is -0.469 e. The molecular weight excluding hydrogens is 292 g/mol. The fourth-order valence-electron chi connectivity index (χ4n) is 2.20. The predicted molar refractivity (Wildman–Crippen MR) is 88.7 cm³/mol. The van der Waals surface area contributed by atoms with Crippen molar-refractivity contribution in [2.45, 2.75) is 46.0 Å². The number of hydrogen-bond donors (Lipinski definition) is 1. The van der Waals surface area contributed by atoms with Crippen LogP contribution in [0.2, 0.25) is 0 Å². The van der Waals surface area contributed by atoms with Gasteiger partial charge in [0.25, 0.3) is 0 Å². The smallest absolute Gasteiger partial charge is 0.306 e. The van der Waals surface area contributed by atoms with Crippen molar-refractivity contribution in [2.24, 2.45) is 5.41 Å². The first-order valence-electron chi connectivity index (χ1n) is 7.48. The van der Waals surface area contributed by atoms with Gasteiger partial charge < -0.3 is 10.1 Å². The first-order valence-corrected chi connectivity index (χ1v) is 7.48. The molecule has 1 amide bonds. The van der Waals surface area contributed by atoms with Crippen LogP contribution in [-0.4, -0.2) is 19.0 Å². The second-order valence-electron chi connectivity index (χ2n) is 6.96. The van der Waals surface area contributed by atoms with E-state index in [2.05, 4.69) is 16.1 Å². The highest BCUT2D eigenvalue weighted by Gasteiger charge is 2.26. The van der Waals surface area contributed by atoms with Crippen molar-refractivity contribution in [1.29, 1.82) is 5.26 Å². The quantitative estimate of drug-likeness (QED) is 0.816. The van der Waals surface area contributed by atoms with E-state index in [0.717, 1.165) is 5.56 Å². The lowest BCUT2D eigenvalue weighted by Crippen LogP contribution is -2.25. The summed E-state index contributed by atoms with van der Waals surface area (Å²) in [6, 6.07) is 9.46. The molecule has 5 nitrogen and oxygen atoms in total. The molecule has 5 heteroatoms. The Labute approximate surface area is 137 Å². The summed E-state index contributed by atoms with van der Waals surface area (Å²) in [4.78, 5) is 23.5. The molecule has 1 aromatic rings. The third-order valence-corrected chi connectivity index (χ3v) is 3.66. The molecule has 0 unspecified atom stereocenters. The van der Waals surface area contributed by atoms with Crippen molar-refractivity contribution in [1.82, 2.24) is 0 Å². The first-order chi connectivity index (χ1) is 10.6. The van der Waals surface area contributed by atoms with Crippen LogP contribution in [0.3, 0.4) is 0 Å². The maximum absolute atomic E-state index is 12.1. The third-order valence-electron chi connectivity index (χ3n) is 3.66. The molecule has 0 fully saturated rings. The average Bonchev–Trinajstić information content (AvgIpc) is 2.46. The van der Waals surface area contributed by atoms with Crippen LogP contribution in [0.25, 0.3) is 0 Å². The Morgan fingerprint density at radius 2 is 1.70 bits per heavy atom. The molecule has 1 aromatic carbocycles. The van der Waals surface area contributed by atoms with E-state index in [1.165, 1.54) is 7.11 Å². The second kappa shape index (κ2) is 7.28. The number of ether oxygens (including phenoxy) is 1. The van der Waals surface area contributed by atoms with Gasteiger partial charge in [0.15, 0.2) is 0 Å². The summed E-state index contributed by atoms with van der Waals surface area (Å²) in [6.07, 6.45) is 0.403. The number of carbonyl (C=O) groups excluding carboxylic acids is 2. The van der Waals surface area contributed by atoms with Gasteiger partial charge in [-0.15, -0.1) is 0 Å². The van der Waals surface area contributed by atoms with Crippen molar-refractivity contribution in [3.05, 3.63) is 29.8 Å². The van der Waals surface area contributed by atoms with Crippen molar-refractivity contribution in [3.8, 4) is 6.07 Å². The molecule has 0 spiro atoms. The molecule has 0 saturated carbocycles. The molecule has 0 bridgehead atoms. The lowest BCUT2D eigenvalue weighted by atomic mass is 9.85. The minimum absolute atomic E-state index is 0.161. The Balaban J connectivity index is 2.68. The average molecular weight is 316 g/mol. The maximum atomic E-state index is 12.1. The van der Waals surface area contributed by atoms with Gasteiger partial charge in [-0.05, 0) is 37.0 Å². The summed E-state index contributed by atoms with van der Waals surface area (Å²) in [7, 11) is 1.34. The number of anilines is 1. The van der Waals surface area contributed by atoms with Crippen LogP contribution >= 0.6 is 0 Å². The van der Waals surface area contributed by atoms with E-state index in [4.69, 9.17) is 5.26 Å². The molecule has 0 aliphatic carbocycles. The fourth-order valence-corrected chi connectivity index (χ4v) is 2.20. The van der Waals surface area contributed by atoms with Crippen LogP contribution in [-0.2, 0) is 19.7 Å². The zero-order chi connectivity index (χ0) is 17.7. The Morgan fingerprint density at radius 1 is 1.13 bits per heavy atom. The monoisotopic (exact) mass is 316 g/mol. The van der Waals surface area contributed by atoms with Gasteiger partial charge in [-0.2, -0.15) is 5.26 Å². The molecule has 0 atom stereocenters. The van der Waals surface area contributed by atoms with Crippen LogP contribution in [0.1, 0.15) is 46.1 Å². The van der Waals surface area contributed by atoms with Crippen LogP contribution in [0.15, 0.2) is 24.3 Å². The number of nitrogens with zero attached hydrogens (tertiary/aromatic N) is 1. The van der Waals surface area contributed by atoms with Gasteiger partial charge in [0.05, 0.1) is 25.0 Å². The van der Waals surface area contributed by atoms with Crippen molar-refractivity contribution in [2.75, 3.05) is 12.4 Å². The fraction of sp³-hybridized carbons (Fsp3) is 0.500. The highest BCUT2D eigenvalue weighted by atomic mass is 16.5. The Morgan fingerprint density at radius 3 is 2.17 bits per heavy atom. The summed E-state index contributed by atoms with van der Waals surface area (Å²) >= 11 is 0. The second-order valence-corrected chi connectivity index (χ2v) is 6.96. The summed E-state index contributed by atoms with van der Waals surface area (Å²) in [5.74, 6) is -0.489. The van der Waals surface area contributed by atoms with E-state index < -0.39 is 10.8 Å². The lowest BCUT2D eigenvalue weighted by Gasteiger charge is -2.22. The number of hydrogen-bond acceptors (Lipinski definition) is 4. The normalized spacial score (nSPS) is 11.5. The number of rotatable bonds is 6. The van der Waals surface area contributed by atoms with E-state index in [0.29, 0.717) is 5.69 Å². The van der Waals surface area contributed by atoms with Gasteiger partial charge in [0.2, 0.25) is 5.91 Å². The summed E-state index contributed by atoms with van der Waals surface area (Å²) in [5.41, 5.74) is 0.524. The van der Waals surface area contributed by atoms with E-state index in [-0.39, 0.29) is 24.7 Å². The van der Waals surface area contributed by atoms with Crippen LogP contribution in [0.4, 0.5) is 5.69 Å². The van der Waals surface area contributed by atoms with Crippen LogP contribution in [0, 0.1) is 16.7 Å². The number of nitrogens with one attached hydrogen (secondary N) is 1. The summed E-state index contributed by atoms with van der Waals surface area (Å²) < 4.78 is 4.64. The molecule has 0 radical (unpaired) electrons. The van der Waals surface area contributed by atoms with E-state index >= 15 is 0 Å². The molecular formula is C18H24N2O3. The van der Waals surface area contributed by atoms with Gasteiger partial charge in [-0.25, -0.2) is 0 Å². The number of nitriles is 1. The lowest BCUT2D eigenvalue weighted by molar-refractivity contribution is -0.143. The molecule has 0 aliphatic heterocycles. The molecule has 0 aromatic heterocycles. The number of carbonyl (C=O) groups is 2. The standard InChI is InChI=1S/C18H24N2O3/c1-17(2,11-16(22)23-5)10-15(21)20-14-8-6-13(7-9-14)18(3,4)12-19/h6-9H,10-11H2,1-5H3,(H,20,21). The van der Waals surface area contributed by atoms with Gasteiger partial charge in [-0.3, -0.25) is 9.59 Å². The molecule has 0 aliphatic rings. The van der Waals surface area contributed by atoms with Crippen molar-refractivity contribution < 1.29 is 14.3 Å². The van der Waals surface area contributed by atoms with Gasteiger partial charge in [0.1, 0.15) is 0 Å². The Kier molecular flexibility index (Phi) is 5.91. The maximum Gasteiger partial charge on any atom is 0.306 e. The van der Waals surface area contributed by atoms with E-state index in [1.807, 2.05) is 39.8 Å². The van der Waals surface area contributed by atoms with E-state index in [9.17, 15) is 9.59 Å². The molecule has 1 N–H and O–H groups in total. The molecule has 124 valence electrons. The summed E-state index contributed by atoms with van der Waals surface area (Å²) in [5, 5.41) is 11.9. The number of methoxy groups -OCH3 is 1. The largest absolute Gasteiger partial charge is 0.469 e. The van der Waals surface area contributed by atoms with Gasteiger partial charge in [0, 0.05) is 12.1 Å². The number of benzene rings is 1.